The van der Waals surface area contributed by atoms with Crippen LogP contribution in [-0.2, 0) is 10.0 Å². The highest BCUT2D eigenvalue weighted by atomic mass is 35.5. The molecule has 1 N–H and O–H groups in total. The molecule has 4 rings (SSSR count). The number of unbranched alkanes of at least 4 members (excludes halogenated alkanes) is 2. The van der Waals surface area contributed by atoms with Gasteiger partial charge in [-0.3, -0.25) is 0 Å². The molecule has 200 valence electrons. The van der Waals surface area contributed by atoms with Crippen LogP contribution >= 0.6 is 11.8 Å². The van der Waals surface area contributed by atoms with Crippen molar-refractivity contribution in [2.45, 2.75) is 62.4 Å². The van der Waals surface area contributed by atoms with Crippen LogP contribution in [0.3, 0.4) is 0 Å². The second kappa shape index (κ2) is 13.9. The van der Waals surface area contributed by atoms with Crippen molar-refractivity contribution in [3.63, 3.8) is 0 Å². The Morgan fingerprint density at radius 1 is 0.842 bits per heavy atom. The lowest BCUT2D eigenvalue weighted by Gasteiger charge is -2.34. The largest absolute Gasteiger partial charge is 0.241 e. The number of benzene rings is 3. The lowest BCUT2D eigenvalue weighted by atomic mass is 9.93. The van der Waals surface area contributed by atoms with Crippen LogP contribution in [0.2, 0.25) is 0 Å². The summed E-state index contributed by atoms with van der Waals surface area (Å²) >= 11 is 7.03. The maximum atomic E-state index is 13.6. The number of hydrogen-bond acceptors (Lipinski definition) is 3. The van der Waals surface area contributed by atoms with Gasteiger partial charge in [0.05, 0.1) is 17.0 Å². The van der Waals surface area contributed by atoms with Gasteiger partial charge in [0.25, 0.3) is 0 Å². The summed E-state index contributed by atoms with van der Waals surface area (Å²) in [6.45, 7) is 2.59. The third-order valence-corrected chi connectivity index (χ3v) is 8.83. The zero-order chi connectivity index (χ0) is 26.8. The van der Waals surface area contributed by atoms with Gasteiger partial charge >= 0.3 is 0 Å². The van der Waals surface area contributed by atoms with E-state index in [-0.39, 0.29) is 4.90 Å². The van der Waals surface area contributed by atoms with Crippen molar-refractivity contribution in [1.29, 1.82) is 0 Å². The molecule has 4 nitrogen and oxygen atoms in total. The topological polar surface area (TPSA) is 49.4 Å². The van der Waals surface area contributed by atoms with Crippen molar-refractivity contribution in [2.75, 3.05) is 6.54 Å². The Bertz CT molecular complexity index is 1310. The van der Waals surface area contributed by atoms with Crippen LogP contribution in [0.15, 0.2) is 114 Å². The Hall–Kier alpha value is -2.70. The van der Waals surface area contributed by atoms with Crippen LogP contribution < -0.4 is 4.72 Å². The summed E-state index contributed by atoms with van der Waals surface area (Å²) in [6.07, 6.45) is 13.2. The number of nitrogens with zero attached hydrogens (tertiary/aromatic N) is 1. The molecule has 6 heteroatoms. The Balaban J connectivity index is 1.55. The molecule has 2 atom stereocenters. The number of halogens is 1. The van der Waals surface area contributed by atoms with E-state index < -0.39 is 22.1 Å². The number of allylic oxidation sites excluding steroid dienone is 4. The summed E-state index contributed by atoms with van der Waals surface area (Å²) in [4.78, 5) is 0.240. The molecule has 0 amide bonds. The molecule has 1 aliphatic rings. The zero-order valence-corrected chi connectivity index (χ0v) is 23.5. The number of nitrogens with one attached hydrogen (secondary N) is 1. The summed E-state index contributed by atoms with van der Waals surface area (Å²) < 4.78 is 31.9. The van der Waals surface area contributed by atoms with Crippen LogP contribution in [0.1, 0.15) is 67.3 Å². The average Bonchev–Trinajstić information content (AvgIpc) is 2.94. The fourth-order valence-corrected chi connectivity index (χ4v) is 6.45. The fraction of sp³-hybridized carbons (Fsp3) is 0.312. The van der Waals surface area contributed by atoms with Gasteiger partial charge < -0.3 is 0 Å². The predicted octanol–water partition coefficient (Wildman–Crippen LogP) is 8.05. The minimum Gasteiger partial charge on any atom is -0.211 e. The van der Waals surface area contributed by atoms with E-state index in [4.69, 9.17) is 11.8 Å². The third kappa shape index (κ3) is 7.90. The highest BCUT2D eigenvalue weighted by molar-refractivity contribution is 7.89. The van der Waals surface area contributed by atoms with Crippen LogP contribution in [0.5, 0.6) is 0 Å². The summed E-state index contributed by atoms with van der Waals surface area (Å²) in [6, 6.07) is 25.6. The summed E-state index contributed by atoms with van der Waals surface area (Å²) in [5.41, 5.74) is 4.35. The van der Waals surface area contributed by atoms with Crippen molar-refractivity contribution in [3.05, 3.63) is 125 Å². The quantitative estimate of drug-likeness (QED) is 0.133. The van der Waals surface area contributed by atoms with Crippen molar-refractivity contribution >= 4 is 21.8 Å². The molecule has 0 fully saturated rings. The van der Waals surface area contributed by atoms with Gasteiger partial charge in [-0.25, -0.2) is 17.6 Å². The highest BCUT2D eigenvalue weighted by Gasteiger charge is 2.33. The Kier molecular flexibility index (Phi) is 10.4. The van der Waals surface area contributed by atoms with Gasteiger partial charge in [-0.05, 0) is 74.1 Å². The van der Waals surface area contributed by atoms with E-state index in [2.05, 4.69) is 23.0 Å². The Morgan fingerprint density at radius 3 is 2.13 bits per heavy atom. The molecule has 3 aromatic carbocycles. The molecule has 1 aliphatic carbocycles. The molecule has 0 spiro atoms. The zero-order valence-electron chi connectivity index (χ0n) is 22.0. The molecular formula is C32H37ClN2O2S. The van der Waals surface area contributed by atoms with Gasteiger partial charge in [-0.1, -0.05) is 109 Å². The van der Waals surface area contributed by atoms with E-state index in [9.17, 15) is 8.42 Å². The molecule has 0 aromatic heterocycles. The van der Waals surface area contributed by atoms with Gasteiger partial charge in [-0.15, -0.1) is 0 Å². The van der Waals surface area contributed by atoms with E-state index in [1.807, 2.05) is 79.7 Å². The first kappa shape index (κ1) is 28.3. The minimum atomic E-state index is -3.80. The van der Waals surface area contributed by atoms with Gasteiger partial charge in [0, 0.05) is 6.54 Å². The number of rotatable bonds is 13. The fourth-order valence-electron chi connectivity index (χ4n) is 4.88. The summed E-state index contributed by atoms with van der Waals surface area (Å²) in [5.74, 6) is 0. The van der Waals surface area contributed by atoms with Crippen molar-refractivity contribution in [3.8, 4) is 0 Å². The molecule has 0 bridgehead atoms. The van der Waals surface area contributed by atoms with Crippen LogP contribution in [0, 0.1) is 6.92 Å². The van der Waals surface area contributed by atoms with Crippen molar-refractivity contribution < 1.29 is 8.42 Å². The second-order valence-corrected chi connectivity index (χ2v) is 12.0. The van der Waals surface area contributed by atoms with E-state index in [0.29, 0.717) is 6.54 Å². The number of sulfonamides is 1. The minimum absolute atomic E-state index is 0.240. The smallest absolute Gasteiger partial charge is 0.211 e. The monoisotopic (exact) mass is 548 g/mol. The lowest BCUT2D eigenvalue weighted by Crippen LogP contribution is -2.38. The molecule has 0 heterocycles. The van der Waals surface area contributed by atoms with Gasteiger partial charge in [-0.2, -0.15) is 0 Å². The highest BCUT2D eigenvalue weighted by Crippen LogP contribution is 2.37. The molecule has 38 heavy (non-hydrogen) atoms. The van der Waals surface area contributed by atoms with E-state index in [1.54, 1.807) is 16.6 Å². The Morgan fingerprint density at radius 2 is 1.50 bits per heavy atom. The van der Waals surface area contributed by atoms with Crippen LogP contribution in [0.25, 0.3) is 0 Å². The standard InChI is InChI=1S/C32H37ClN2O2S/c1-26-21-23-30(24-22-26)38(36,37)34-31(28-17-9-3-10-18-28)32(29-19-11-4-12-20-29)35(33)25-13-5-8-16-27-14-6-2-7-15-27/h2-4,6,9-12,15,17-24,31-32,34H,5,7-8,13-14,16,25H2,1H3. The van der Waals surface area contributed by atoms with Gasteiger partial charge in [0.15, 0.2) is 0 Å². The summed E-state index contributed by atoms with van der Waals surface area (Å²) in [5, 5.41) is 0. The first-order valence-electron chi connectivity index (χ1n) is 13.4. The molecular weight excluding hydrogens is 512 g/mol. The van der Waals surface area contributed by atoms with Crippen molar-refractivity contribution in [1.82, 2.24) is 9.14 Å². The van der Waals surface area contributed by atoms with Crippen molar-refractivity contribution in [2.24, 2.45) is 0 Å². The molecule has 3 aromatic rings. The normalized spacial score (nSPS) is 15.3. The van der Waals surface area contributed by atoms with Gasteiger partial charge in [0.1, 0.15) is 0 Å². The van der Waals surface area contributed by atoms with E-state index >= 15 is 0 Å². The van der Waals surface area contributed by atoms with Crippen LogP contribution in [0.4, 0.5) is 0 Å². The second-order valence-electron chi connectivity index (χ2n) is 9.89. The van der Waals surface area contributed by atoms with Gasteiger partial charge in [0.2, 0.25) is 10.0 Å². The SMILES string of the molecule is Cc1ccc(S(=O)(=O)NC(c2ccccc2)C(c2ccccc2)N(Cl)CCCCCC2=CCC=CC2)cc1. The molecule has 0 saturated heterocycles. The number of hydrogen-bond donors (Lipinski definition) is 1. The Labute approximate surface area is 233 Å². The van der Waals surface area contributed by atoms with E-state index in [0.717, 1.165) is 55.2 Å². The molecule has 0 aliphatic heterocycles. The third-order valence-electron chi connectivity index (χ3n) is 6.99. The maximum absolute atomic E-state index is 13.6. The number of aryl methyl sites for hydroxylation is 1. The first-order chi connectivity index (χ1) is 18.4. The maximum Gasteiger partial charge on any atom is 0.241 e. The predicted molar refractivity (Wildman–Crippen MR) is 157 cm³/mol. The average molecular weight is 549 g/mol. The lowest BCUT2D eigenvalue weighted by molar-refractivity contribution is 0.282. The molecule has 0 saturated carbocycles. The van der Waals surface area contributed by atoms with Crippen LogP contribution in [-0.4, -0.2) is 19.4 Å². The first-order valence-corrected chi connectivity index (χ1v) is 15.2. The molecule has 0 radical (unpaired) electrons. The molecule has 2 unspecified atom stereocenters. The summed E-state index contributed by atoms with van der Waals surface area (Å²) in [7, 11) is -3.80. The van der Waals surface area contributed by atoms with E-state index in [1.165, 1.54) is 5.57 Å².